The molecule has 0 aliphatic rings. The van der Waals surface area contributed by atoms with Crippen LogP contribution in [0.15, 0.2) is 60.7 Å². The zero-order chi connectivity index (χ0) is 11.4. The van der Waals surface area contributed by atoms with Crippen LogP contribution < -0.4 is 0 Å². The molecule has 0 amide bonds. The summed E-state index contributed by atoms with van der Waals surface area (Å²) in [6.45, 7) is 0. The number of rotatable bonds is 3. The van der Waals surface area contributed by atoms with Gasteiger partial charge in [-0.25, -0.2) is 0 Å². The van der Waals surface area contributed by atoms with Gasteiger partial charge in [-0.3, -0.25) is 9.59 Å². The third kappa shape index (κ3) is 3.33. The number of benzene rings is 2. The fraction of sp³-hybridized carbons (Fsp3) is 0. The molecule has 3 heteroatoms. The molecule has 0 heterocycles. The molecule has 17 heavy (non-hydrogen) atoms. The van der Waals surface area contributed by atoms with Crippen LogP contribution in [-0.4, -0.2) is 38.9 Å². The van der Waals surface area contributed by atoms with Gasteiger partial charge in [-0.15, -0.1) is 0 Å². The van der Waals surface area contributed by atoms with Crippen molar-refractivity contribution in [2.24, 2.45) is 0 Å². The number of ketones is 2. The summed E-state index contributed by atoms with van der Waals surface area (Å²) < 4.78 is 0. The minimum atomic E-state index is -0.466. The second kappa shape index (κ2) is 6.44. The van der Waals surface area contributed by atoms with Crippen LogP contribution in [0.3, 0.4) is 0 Å². The Labute approximate surface area is 120 Å². The average Bonchev–Trinajstić information content (AvgIpc) is 2.39. The molecule has 0 atom stereocenters. The van der Waals surface area contributed by atoms with Crippen molar-refractivity contribution in [1.29, 1.82) is 0 Å². The van der Waals surface area contributed by atoms with Crippen molar-refractivity contribution >= 4 is 38.9 Å². The zero-order valence-corrected chi connectivity index (χ0v) is 14.8. The van der Waals surface area contributed by atoms with E-state index in [9.17, 15) is 9.59 Å². The predicted octanol–water partition coefficient (Wildman–Crippen LogP) is 1.84. The van der Waals surface area contributed by atoms with Crippen molar-refractivity contribution in [3.05, 3.63) is 71.8 Å². The van der Waals surface area contributed by atoms with Crippen LogP contribution in [0.2, 0.25) is 0 Å². The van der Waals surface area contributed by atoms with Gasteiger partial charge in [0.25, 0.3) is 0 Å². The molecule has 0 aliphatic carbocycles. The molecule has 0 fully saturated rings. The predicted molar refractivity (Wildman–Crippen MR) is 70.1 cm³/mol. The van der Waals surface area contributed by atoms with E-state index in [-0.39, 0.29) is 27.3 Å². The number of carbonyl (C=O) groups excluding carboxylic acids is 2. The van der Waals surface area contributed by atoms with Crippen LogP contribution in [0.1, 0.15) is 20.7 Å². The number of hydrogen-bond acceptors (Lipinski definition) is 2. The SMILES string of the molecule is O=C(C(=O)c1ccccc1)c1ccccc1.[PbH2]. The quantitative estimate of drug-likeness (QED) is 0.432. The Morgan fingerprint density at radius 1 is 0.588 bits per heavy atom. The van der Waals surface area contributed by atoms with Gasteiger partial charge in [0.2, 0.25) is 11.6 Å². The third-order valence-electron chi connectivity index (χ3n) is 2.28. The van der Waals surface area contributed by atoms with E-state index in [4.69, 9.17) is 0 Å². The van der Waals surface area contributed by atoms with Crippen molar-refractivity contribution in [2.45, 2.75) is 0 Å². The van der Waals surface area contributed by atoms with Crippen molar-refractivity contribution in [2.75, 3.05) is 0 Å². The molecule has 2 radical (unpaired) electrons. The molecule has 2 nitrogen and oxygen atoms in total. The maximum atomic E-state index is 11.8. The van der Waals surface area contributed by atoms with Crippen LogP contribution >= 0.6 is 0 Å². The first kappa shape index (κ1) is 13.8. The average molecular weight is 419 g/mol. The Kier molecular flexibility index (Phi) is 5.22. The van der Waals surface area contributed by atoms with Crippen molar-refractivity contribution < 1.29 is 9.59 Å². The Balaban J connectivity index is 0.00000144. The summed E-state index contributed by atoms with van der Waals surface area (Å²) in [5.41, 5.74) is 0.854. The molecule has 0 saturated carbocycles. The molecule has 0 N–H and O–H groups in total. The van der Waals surface area contributed by atoms with Crippen molar-refractivity contribution in [3.8, 4) is 0 Å². The molecule has 84 valence electrons. The second-order valence-electron chi connectivity index (χ2n) is 3.39. The summed E-state index contributed by atoms with van der Waals surface area (Å²) >= 11 is 0. The van der Waals surface area contributed by atoms with Crippen LogP contribution in [-0.2, 0) is 0 Å². The van der Waals surface area contributed by atoms with Gasteiger partial charge in [-0.05, 0) is 0 Å². The monoisotopic (exact) mass is 420 g/mol. The fourth-order valence-electron chi connectivity index (χ4n) is 1.44. The number of Topliss-reactive ketones (excluding diaryl/α,β-unsaturated/α-hetero) is 2. The first-order valence-electron chi connectivity index (χ1n) is 4.98. The molecule has 0 aromatic heterocycles. The molecular formula is C14H12O2Pb. The van der Waals surface area contributed by atoms with E-state index in [1.165, 1.54) is 0 Å². The van der Waals surface area contributed by atoms with E-state index < -0.39 is 11.6 Å². The van der Waals surface area contributed by atoms with Gasteiger partial charge < -0.3 is 0 Å². The summed E-state index contributed by atoms with van der Waals surface area (Å²) in [5, 5.41) is 0. The first-order chi connectivity index (χ1) is 7.79. The molecule has 0 unspecified atom stereocenters. The van der Waals surface area contributed by atoms with E-state index in [2.05, 4.69) is 0 Å². The van der Waals surface area contributed by atoms with Crippen molar-refractivity contribution in [3.63, 3.8) is 0 Å². The third-order valence-corrected chi connectivity index (χ3v) is 2.28. The van der Waals surface area contributed by atoms with E-state index in [0.29, 0.717) is 11.1 Å². The Morgan fingerprint density at radius 2 is 0.882 bits per heavy atom. The minimum absolute atomic E-state index is 0. The van der Waals surface area contributed by atoms with E-state index in [0.717, 1.165) is 0 Å². The Morgan fingerprint density at radius 3 is 1.18 bits per heavy atom. The van der Waals surface area contributed by atoms with Gasteiger partial charge in [0, 0.05) is 11.1 Å². The van der Waals surface area contributed by atoms with Gasteiger partial charge in [-0.1, -0.05) is 60.7 Å². The summed E-state index contributed by atoms with van der Waals surface area (Å²) in [6.07, 6.45) is 0. The molecule has 2 aromatic carbocycles. The zero-order valence-electron chi connectivity index (χ0n) is 9.30. The molecule has 2 aromatic rings. The van der Waals surface area contributed by atoms with Crippen molar-refractivity contribution in [1.82, 2.24) is 0 Å². The second-order valence-corrected chi connectivity index (χ2v) is 3.39. The first-order valence-corrected chi connectivity index (χ1v) is 4.98. The standard InChI is InChI=1S/C14H10O2.Pb.2H/c15-13(11-7-3-1-4-8-11)14(16)12-9-5-2-6-10-12;;;/h1-10H;;;. The van der Waals surface area contributed by atoms with E-state index in [1.54, 1.807) is 48.5 Å². The van der Waals surface area contributed by atoms with Gasteiger partial charge >= 0.3 is 27.3 Å². The van der Waals surface area contributed by atoms with Gasteiger partial charge in [-0.2, -0.15) is 0 Å². The molecule has 0 bridgehead atoms. The number of hydrogen-bond donors (Lipinski definition) is 0. The van der Waals surface area contributed by atoms with E-state index in [1.807, 2.05) is 12.1 Å². The molecule has 0 aliphatic heterocycles. The normalized spacial score (nSPS) is 9.18. The van der Waals surface area contributed by atoms with Gasteiger partial charge in [0.1, 0.15) is 0 Å². The maximum absolute atomic E-state index is 11.8. The summed E-state index contributed by atoms with van der Waals surface area (Å²) in [5.74, 6) is -0.932. The summed E-state index contributed by atoms with van der Waals surface area (Å²) in [4.78, 5) is 23.6. The molecule has 0 saturated heterocycles. The topological polar surface area (TPSA) is 34.1 Å². The number of carbonyl (C=O) groups is 2. The molecule has 2 rings (SSSR count). The van der Waals surface area contributed by atoms with Crippen LogP contribution in [0.5, 0.6) is 0 Å². The van der Waals surface area contributed by atoms with Crippen LogP contribution in [0.25, 0.3) is 0 Å². The van der Waals surface area contributed by atoms with E-state index >= 15 is 0 Å². The summed E-state index contributed by atoms with van der Waals surface area (Å²) in [7, 11) is 0. The van der Waals surface area contributed by atoms with Crippen LogP contribution in [0, 0.1) is 0 Å². The van der Waals surface area contributed by atoms with Crippen LogP contribution in [0.4, 0.5) is 0 Å². The Bertz CT molecular complexity index is 457. The van der Waals surface area contributed by atoms with Gasteiger partial charge in [0.15, 0.2) is 0 Å². The molecule has 0 spiro atoms. The van der Waals surface area contributed by atoms with Gasteiger partial charge in [0.05, 0.1) is 0 Å². The Hall–Kier alpha value is -1.30. The molecular weight excluding hydrogens is 407 g/mol. The fourth-order valence-corrected chi connectivity index (χ4v) is 1.44. The summed E-state index contributed by atoms with van der Waals surface area (Å²) in [6, 6.07) is 17.2.